The van der Waals surface area contributed by atoms with Gasteiger partial charge in [0.2, 0.25) is 0 Å². The highest BCUT2D eigenvalue weighted by molar-refractivity contribution is 7.98. The summed E-state index contributed by atoms with van der Waals surface area (Å²) in [5.41, 5.74) is -0.0340. The number of alkyl halides is 3. The third kappa shape index (κ3) is 9.37. The van der Waals surface area contributed by atoms with Gasteiger partial charge in [0.05, 0.1) is 24.9 Å². The normalized spacial score (nSPS) is 21.8. The van der Waals surface area contributed by atoms with Crippen LogP contribution in [-0.4, -0.2) is 98.0 Å². The molecule has 2 fully saturated rings. The smallest absolute Gasteiger partial charge is 0.416 e. The van der Waals surface area contributed by atoms with Crippen LogP contribution in [0, 0.1) is 5.82 Å². The molecule has 0 aliphatic carbocycles. The number of benzene rings is 2. The average Bonchev–Trinajstić information content (AvgIpc) is 2.91. The Kier molecular flexibility index (Phi) is 13.7. The summed E-state index contributed by atoms with van der Waals surface area (Å²) in [5.74, 6) is -0.802. The molecular weight excluding hydrogens is 617 g/mol. The van der Waals surface area contributed by atoms with E-state index >= 15 is 0 Å². The van der Waals surface area contributed by atoms with Gasteiger partial charge in [0.1, 0.15) is 0 Å². The van der Waals surface area contributed by atoms with Crippen molar-refractivity contribution in [2.24, 2.45) is 0 Å². The van der Waals surface area contributed by atoms with Gasteiger partial charge in [-0.1, -0.05) is 6.07 Å². The molecule has 42 heavy (non-hydrogen) atoms. The summed E-state index contributed by atoms with van der Waals surface area (Å²) in [6.07, 6.45) is -2.13. The lowest BCUT2D eigenvalue weighted by atomic mass is 9.99. The van der Waals surface area contributed by atoms with Gasteiger partial charge in [0.15, 0.2) is 11.6 Å². The maximum absolute atomic E-state index is 14.1. The van der Waals surface area contributed by atoms with Crippen LogP contribution in [0.3, 0.4) is 0 Å². The van der Waals surface area contributed by atoms with Gasteiger partial charge in [-0.05, 0) is 62.4 Å². The maximum Gasteiger partial charge on any atom is 0.416 e. The van der Waals surface area contributed by atoms with E-state index in [9.17, 15) is 22.4 Å². The molecule has 0 N–H and O–H groups in total. The number of thioether (sulfide) groups is 1. The van der Waals surface area contributed by atoms with Crippen molar-refractivity contribution in [3.05, 3.63) is 58.9 Å². The Morgan fingerprint density at radius 3 is 2.29 bits per heavy atom. The molecule has 2 heterocycles. The van der Waals surface area contributed by atoms with Crippen molar-refractivity contribution < 1.29 is 31.8 Å². The van der Waals surface area contributed by atoms with E-state index in [1.54, 1.807) is 23.3 Å². The highest BCUT2D eigenvalue weighted by atomic mass is 35.5. The van der Waals surface area contributed by atoms with E-state index in [1.165, 1.54) is 19.2 Å². The lowest BCUT2D eigenvalue weighted by molar-refractivity contribution is -0.137. The highest BCUT2D eigenvalue weighted by Crippen LogP contribution is 2.33. The molecule has 0 saturated carbocycles. The molecular formula is C29H39Cl2F4N3O3S. The van der Waals surface area contributed by atoms with E-state index in [0.717, 1.165) is 55.6 Å². The van der Waals surface area contributed by atoms with Crippen molar-refractivity contribution >= 4 is 42.5 Å². The van der Waals surface area contributed by atoms with E-state index in [2.05, 4.69) is 23.6 Å². The fraction of sp³-hybridized carbons (Fsp3) is 0.552. The third-order valence-electron chi connectivity index (χ3n) is 7.46. The quantitative estimate of drug-likeness (QED) is 0.261. The first-order valence-electron chi connectivity index (χ1n) is 13.5. The number of ether oxygens (including phenoxy) is 2. The first kappa shape index (κ1) is 36.4. The Bertz CT molecular complexity index is 1180. The first-order valence-corrected chi connectivity index (χ1v) is 14.7. The zero-order valence-electron chi connectivity index (χ0n) is 24.2. The molecule has 2 aliphatic rings. The molecule has 4 rings (SSSR count). The predicted molar refractivity (Wildman–Crippen MR) is 162 cm³/mol. The molecule has 13 heteroatoms. The van der Waals surface area contributed by atoms with Crippen molar-refractivity contribution in [1.29, 1.82) is 0 Å². The molecule has 1 amide bonds. The van der Waals surface area contributed by atoms with Gasteiger partial charge in [-0.2, -0.15) is 13.2 Å². The Morgan fingerprint density at radius 1 is 1.00 bits per heavy atom. The number of halogens is 6. The predicted octanol–water partition coefficient (Wildman–Crippen LogP) is 5.90. The van der Waals surface area contributed by atoms with Crippen molar-refractivity contribution in [3.8, 4) is 5.75 Å². The number of rotatable bonds is 8. The molecule has 236 valence electrons. The second kappa shape index (κ2) is 15.8. The molecule has 2 aromatic rings. The zero-order valence-corrected chi connectivity index (χ0v) is 26.6. The lowest BCUT2D eigenvalue weighted by Gasteiger charge is -2.43. The van der Waals surface area contributed by atoms with E-state index in [-0.39, 0.29) is 54.4 Å². The van der Waals surface area contributed by atoms with Crippen LogP contribution in [0.15, 0.2) is 41.3 Å². The number of methoxy groups -OCH3 is 1. The summed E-state index contributed by atoms with van der Waals surface area (Å²) in [7, 11) is 1.39. The minimum absolute atomic E-state index is 0. The molecule has 0 aromatic heterocycles. The summed E-state index contributed by atoms with van der Waals surface area (Å²) in [6.45, 7) is 9.03. The largest absolute Gasteiger partial charge is 0.494 e. The highest BCUT2D eigenvalue weighted by Gasteiger charge is 2.35. The Balaban J connectivity index is 0.00000308. The van der Waals surface area contributed by atoms with Gasteiger partial charge in [-0.25, -0.2) is 4.39 Å². The van der Waals surface area contributed by atoms with Gasteiger partial charge in [-0.3, -0.25) is 14.6 Å². The summed E-state index contributed by atoms with van der Waals surface area (Å²) >= 11 is 1.16. The zero-order chi connectivity index (χ0) is 29.0. The van der Waals surface area contributed by atoms with Crippen molar-refractivity contribution in [2.75, 3.05) is 59.2 Å². The summed E-state index contributed by atoms with van der Waals surface area (Å²) in [6, 6.07) is 7.82. The number of amides is 1. The fourth-order valence-electron chi connectivity index (χ4n) is 5.59. The standard InChI is InChI=1S/C29H37F4N3O3S.2ClH/c1-19-16-35(17-20(2)39-19)8-7-34-9-10-36(24(18-34)11-21-5-6-26(30)27(12-21)38-3)28(37)22-13-23(29(31,32)33)15-25(14-22)40-4;;/h5-6,12-15,19-20,24H,7-11,16-18H2,1-4H3;2*1H/t19-,20+,24-;;/m1../s1. The number of piperazine rings is 1. The van der Waals surface area contributed by atoms with E-state index in [1.807, 2.05) is 0 Å². The molecule has 0 radical (unpaired) electrons. The Hall–Kier alpha value is -1.76. The van der Waals surface area contributed by atoms with Crippen LogP contribution in [-0.2, 0) is 17.3 Å². The van der Waals surface area contributed by atoms with E-state index in [4.69, 9.17) is 9.47 Å². The summed E-state index contributed by atoms with van der Waals surface area (Å²) < 4.78 is 65.9. The van der Waals surface area contributed by atoms with Crippen molar-refractivity contribution in [2.45, 2.75) is 49.6 Å². The second-order valence-corrected chi connectivity index (χ2v) is 11.5. The SMILES string of the molecule is COc1cc(C[C@@H]2CN(CCN3C[C@@H](C)O[C@@H](C)C3)CCN2C(=O)c2cc(SC)cc(C(F)(F)F)c2)ccc1F.Cl.Cl. The molecule has 3 atom stereocenters. The molecule has 2 aliphatic heterocycles. The van der Waals surface area contributed by atoms with Crippen LogP contribution in [0.4, 0.5) is 17.6 Å². The third-order valence-corrected chi connectivity index (χ3v) is 8.17. The van der Waals surface area contributed by atoms with Crippen molar-refractivity contribution in [3.63, 3.8) is 0 Å². The topological polar surface area (TPSA) is 45.2 Å². The maximum atomic E-state index is 14.1. The summed E-state index contributed by atoms with van der Waals surface area (Å²) in [4.78, 5) is 20.5. The first-order chi connectivity index (χ1) is 19.0. The molecule has 0 unspecified atom stereocenters. The van der Waals surface area contributed by atoms with Gasteiger partial charge in [-0.15, -0.1) is 36.6 Å². The van der Waals surface area contributed by atoms with Gasteiger partial charge < -0.3 is 14.4 Å². The van der Waals surface area contributed by atoms with Crippen LogP contribution in [0.5, 0.6) is 5.75 Å². The van der Waals surface area contributed by atoms with Gasteiger partial charge in [0, 0.05) is 62.3 Å². The minimum atomic E-state index is -4.56. The van der Waals surface area contributed by atoms with Crippen LogP contribution in [0.2, 0.25) is 0 Å². The molecule has 2 saturated heterocycles. The number of carbonyl (C=O) groups is 1. The number of nitrogens with zero attached hydrogens (tertiary/aromatic N) is 3. The molecule has 6 nitrogen and oxygen atoms in total. The molecule has 2 aromatic carbocycles. The Labute approximate surface area is 261 Å². The molecule has 0 bridgehead atoms. The number of hydrogen-bond donors (Lipinski definition) is 0. The van der Waals surface area contributed by atoms with Crippen LogP contribution < -0.4 is 4.74 Å². The summed E-state index contributed by atoms with van der Waals surface area (Å²) in [5, 5.41) is 0. The van der Waals surface area contributed by atoms with Crippen LogP contribution in [0.25, 0.3) is 0 Å². The average molecular weight is 657 g/mol. The Morgan fingerprint density at radius 2 is 1.67 bits per heavy atom. The molecule has 0 spiro atoms. The van der Waals surface area contributed by atoms with E-state index < -0.39 is 23.5 Å². The van der Waals surface area contributed by atoms with Crippen LogP contribution in [0.1, 0.15) is 35.3 Å². The second-order valence-electron chi connectivity index (χ2n) is 10.6. The lowest BCUT2D eigenvalue weighted by Crippen LogP contribution is -2.57. The van der Waals surface area contributed by atoms with Crippen LogP contribution >= 0.6 is 36.6 Å². The monoisotopic (exact) mass is 655 g/mol. The number of morpholine rings is 1. The number of carbonyl (C=O) groups excluding carboxylic acids is 1. The van der Waals surface area contributed by atoms with Crippen molar-refractivity contribution in [1.82, 2.24) is 14.7 Å². The minimum Gasteiger partial charge on any atom is -0.494 e. The van der Waals surface area contributed by atoms with Gasteiger partial charge in [0.25, 0.3) is 5.91 Å². The van der Waals surface area contributed by atoms with Gasteiger partial charge >= 0.3 is 6.18 Å². The number of hydrogen-bond acceptors (Lipinski definition) is 6. The fourth-order valence-corrected chi connectivity index (χ4v) is 6.08. The van der Waals surface area contributed by atoms with E-state index in [0.29, 0.717) is 31.0 Å².